The smallest absolute Gasteiger partial charge is 0.176 e. The predicted molar refractivity (Wildman–Crippen MR) is 48.5 cm³/mol. The van der Waals surface area contributed by atoms with Crippen molar-refractivity contribution in [2.45, 2.75) is 6.42 Å². The molecule has 0 bridgehead atoms. The summed E-state index contributed by atoms with van der Waals surface area (Å²) in [6.07, 6.45) is 1.98. The van der Waals surface area contributed by atoms with Gasteiger partial charge in [-0.25, -0.2) is 0 Å². The molecule has 0 aromatic carbocycles. The molecule has 1 heterocycles. The molecular weight excluding hydrogens is 180 g/mol. The van der Waals surface area contributed by atoms with Crippen molar-refractivity contribution in [1.82, 2.24) is 0 Å². The van der Waals surface area contributed by atoms with Gasteiger partial charge in [-0.15, -0.1) is 17.9 Å². The average Bonchev–Trinajstić information content (AvgIpc) is 2.36. The normalized spacial score (nSPS) is 9.55. The number of carbonyl (C=O) groups is 1. The van der Waals surface area contributed by atoms with Crippen LogP contribution in [-0.2, 0) is 0 Å². The maximum atomic E-state index is 11.1. The Balaban J connectivity index is 2.76. The molecule has 0 aliphatic carbocycles. The van der Waals surface area contributed by atoms with Gasteiger partial charge in [0.25, 0.3) is 0 Å². The zero-order valence-electron chi connectivity index (χ0n) is 5.84. The molecule has 0 spiro atoms. The molecular formula is C8H7ClOS. The second-order valence-electron chi connectivity index (χ2n) is 2.02. The third kappa shape index (κ3) is 2.17. The Labute approximate surface area is 74.3 Å². The van der Waals surface area contributed by atoms with Crippen LogP contribution in [0.4, 0.5) is 0 Å². The third-order valence-corrected chi connectivity index (χ3v) is 2.45. The van der Waals surface area contributed by atoms with E-state index in [0.29, 0.717) is 15.6 Å². The van der Waals surface area contributed by atoms with Crippen molar-refractivity contribution in [3.05, 3.63) is 34.0 Å². The van der Waals surface area contributed by atoms with E-state index in [9.17, 15) is 4.79 Å². The highest BCUT2D eigenvalue weighted by Crippen LogP contribution is 2.22. The highest BCUT2D eigenvalue weighted by molar-refractivity contribution is 7.18. The lowest BCUT2D eigenvalue weighted by atomic mass is 10.2. The largest absolute Gasteiger partial charge is 0.293 e. The molecule has 0 aliphatic heterocycles. The summed E-state index contributed by atoms with van der Waals surface area (Å²) >= 11 is 6.95. The highest BCUT2D eigenvalue weighted by Gasteiger charge is 2.05. The molecule has 0 fully saturated rings. The Bertz CT molecular complexity index is 277. The molecule has 0 aliphatic rings. The number of halogens is 1. The van der Waals surface area contributed by atoms with Crippen LogP contribution in [-0.4, -0.2) is 5.78 Å². The second kappa shape index (κ2) is 3.69. The molecule has 3 heteroatoms. The van der Waals surface area contributed by atoms with E-state index in [0.717, 1.165) is 0 Å². The van der Waals surface area contributed by atoms with Crippen molar-refractivity contribution < 1.29 is 4.79 Å². The fraction of sp³-hybridized carbons (Fsp3) is 0.125. The van der Waals surface area contributed by atoms with E-state index in [-0.39, 0.29) is 5.78 Å². The van der Waals surface area contributed by atoms with Gasteiger partial charge in [-0.1, -0.05) is 17.7 Å². The summed E-state index contributed by atoms with van der Waals surface area (Å²) in [6.45, 7) is 3.48. The van der Waals surface area contributed by atoms with Crippen LogP contribution in [0.3, 0.4) is 0 Å². The van der Waals surface area contributed by atoms with Gasteiger partial charge < -0.3 is 0 Å². The van der Waals surface area contributed by atoms with E-state index >= 15 is 0 Å². The van der Waals surface area contributed by atoms with Crippen LogP contribution < -0.4 is 0 Å². The molecule has 1 nitrogen and oxygen atoms in total. The Kier molecular flexibility index (Phi) is 2.85. The van der Waals surface area contributed by atoms with Crippen LogP contribution in [0, 0.1) is 0 Å². The lowest BCUT2D eigenvalue weighted by Crippen LogP contribution is -1.91. The number of thiophene rings is 1. The van der Waals surface area contributed by atoms with Crippen LogP contribution in [0.5, 0.6) is 0 Å². The lowest BCUT2D eigenvalue weighted by molar-refractivity contribution is 0.1000. The van der Waals surface area contributed by atoms with Crippen LogP contribution >= 0.6 is 22.9 Å². The van der Waals surface area contributed by atoms with Crippen LogP contribution in [0.25, 0.3) is 0 Å². The molecule has 0 atom stereocenters. The van der Waals surface area contributed by atoms with Crippen LogP contribution in [0.1, 0.15) is 16.1 Å². The van der Waals surface area contributed by atoms with Crippen molar-refractivity contribution >= 4 is 28.7 Å². The second-order valence-corrected chi connectivity index (χ2v) is 3.73. The molecule has 0 saturated heterocycles. The summed E-state index contributed by atoms with van der Waals surface area (Å²) in [5.74, 6) is 0.0805. The van der Waals surface area contributed by atoms with Crippen molar-refractivity contribution in [1.29, 1.82) is 0 Å². The monoisotopic (exact) mass is 186 g/mol. The van der Waals surface area contributed by atoms with Gasteiger partial charge in [0.05, 0.1) is 9.21 Å². The predicted octanol–water partition coefficient (Wildman–Crippen LogP) is 3.16. The van der Waals surface area contributed by atoms with Crippen molar-refractivity contribution in [2.75, 3.05) is 0 Å². The number of rotatable bonds is 3. The fourth-order valence-electron chi connectivity index (χ4n) is 0.696. The van der Waals surface area contributed by atoms with Gasteiger partial charge in [-0.2, -0.15) is 0 Å². The van der Waals surface area contributed by atoms with Crippen LogP contribution in [0.15, 0.2) is 24.8 Å². The standard InChI is InChI=1S/C8H7ClOS/c1-2-3-6(10)7-4-5-8(9)11-7/h2,4-5H,1,3H2. The van der Waals surface area contributed by atoms with Crippen molar-refractivity contribution in [2.24, 2.45) is 0 Å². The minimum atomic E-state index is 0.0805. The van der Waals surface area contributed by atoms with E-state index in [4.69, 9.17) is 11.6 Å². The minimum Gasteiger partial charge on any atom is -0.293 e. The van der Waals surface area contributed by atoms with E-state index in [1.807, 2.05) is 0 Å². The highest BCUT2D eigenvalue weighted by atomic mass is 35.5. The zero-order valence-corrected chi connectivity index (χ0v) is 7.41. The molecule has 0 radical (unpaired) electrons. The van der Waals surface area contributed by atoms with Crippen molar-refractivity contribution in [3.63, 3.8) is 0 Å². The number of Topliss-reactive ketones (excluding diaryl/α,β-unsaturated/α-hetero) is 1. The number of ketones is 1. The van der Waals surface area contributed by atoms with E-state index in [1.54, 1.807) is 18.2 Å². The summed E-state index contributed by atoms with van der Waals surface area (Å²) < 4.78 is 0.650. The fourth-order valence-corrected chi connectivity index (χ4v) is 1.69. The Morgan fingerprint density at radius 3 is 2.91 bits per heavy atom. The van der Waals surface area contributed by atoms with Gasteiger partial charge in [-0.05, 0) is 12.1 Å². The first-order valence-electron chi connectivity index (χ1n) is 3.13. The Morgan fingerprint density at radius 1 is 1.73 bits per heavy atom. The first kappa shape index (κ1) is 8.50. The SMILES string of the molecule is C=CCC(=O)c1ccc(Cl)s1. The molecule has 0 amide bonds. The number of allylic oxidation sites excluding steroid dienone is 1. The Hall–Kier alpha value is -0.600. The van der Waals surface area contributed by atoms with Gasteiger partial charge in [-0.3, -0.25) is 4.79 Å². The molecule has 0 saturated carbocycles. The van der Waals surface area contributed by atoms with Crippen LogP contribution in [0.2, 0.25) is 4.34 Å². The van der Waals surface area contributed by atoms with Gasteiger partial charge >= 0.3 is 0 Å². The number of carbonyl (C=O) groups excluding carboxylic acids is 1. The summed E-state index contributed by atoms with van der Waals surface area (Å²) in [6, 6.07) is 3.46. The molecule has 1 rings (SSSR count). The van der Waals surface area contributed by atoms with E-state index in [2.05, 4.69) is 6.58 Å². The summed E-state index contributed by atoms with van der Waals surface area (Å²) in [5, 5.41) is 0. The molecule has 58 valence electrons. The zero-order chi connectivity index (χ0) is 8.27. The van der Waals surface area contributed by atoms with Gasteiger partial charge in [0.15, 0.2) is 5.78 Å². The Morgan fingerprint density at radius 2 is 2.45 bits per heavy atom. The molecule has 11 heavy (non-hydrogen) atoms. The summed E-state index contributed by atoms with van der Waals surface area (Å²) in [5.41, 5.74) is 0. The first-order chi connectivity index (χ1) is 5.24. The maximum absolute atomic E-state index is 11.1. The molecule has 0 unspecified atom stereocenters. The van der Waals surface area contributed by atoms with Crippen molar-refractivity contribution in [3.8, 4) is 0 Å². The van der Waals surface area contributed by atoms with Gasteiger partial charge in [0, 0.05) is 6.42 Å². The number of hydrogen-bond donors (Lipinski definition) is 0. The van der Waals surface area contributed by atoms with Gasteiger partial charge in [0.2, 0.25) is 0 Å². The summed E-state index contributed by atoms with van der Waals surface area (Å²) in [4.78, 5) is 11.8. The third-order valence-electron chi connectivity index (χ3n) is 1.18. The quantitative estimate of drug-likeness (QED) is 0.524. The topological polar surface area (TPSA) is 17.1 Å². The number of hydrogen-bond acceptors (Lipinski definition) is 2. The lowest BCUT2D eigenvalue weighted by Gasteiger charge is -1.88. The maximum Gasteiger partial charge on any atom is 0.176 e. The first-order valence-corrected chi connectivity index (χ1v) is 4.33. The molecule has 1 aromatic rings. The van der Waals surface area contributed by atoms with E-state index < -0.39 is 0 Å². The minimum absolute atomic E-state index is 0.0805. The summed E-state index contributed by atoms with van der Waals surface area (Å²) in [7, 11) is 0. The molecule has 1 aromatic heterocycles. The molecule has 0 N–H and O–H groups in total. The van der Waals surface area contributed by atoms with E-state index in [1.165, 1.54) is 11.3 Å². The van der Waals surface area contributed by atoms with Gasteiger partial charge in [0.1, 0.15) is 0 Å². The average molecular weight is 187 g/mol.